The van der Waals surface area contributed by atoms with Crippen LogP contribution in [0.3, 0.4) is 0 Å². The molecule has 0 unspecified atom stereocenters. The Morgan fingerprint density at radius 3 is 1.23 bits per heavy atom. The van der Waals surface area contributed by atoms with E-state index in [1.165, 1.54) is 43.3 Å². The van der Waals surface area contributed by atoms with E-state index in [1.807, 2.05) is 0 Å². The van der Waals surface area contributed by atoms with Crippen LogP contribution in [-0.4, -0.2) is 45.8 Å². The molecule has 0 fully saturated rings. The molecule has 6 N–H and O–H groups in total. The normalized spacial score (nSPS) is 11.0. The quantitative estimate of drug-likeness (QED) is 0.0520. The van der Waals surface area contributed by atoms with Crippen LogP contribution in [0.1, 0.15) is 48.9 Å². The van der Waals surface area contributed by atoms with Gasteiger partial charge in [0.15, 0.2) is 5.75 Å². The van der Waals surface area contributed by atoms with Gasteiger partial charge in [0.05, 0.1) is 30.1 Å². The van der Waals surface area contributed by atoms with Gasteiger partial charge in [0.2, 0.25) is 23.6 Å². The molecule has 4 aromatic rings. The van der Waals surface area contributed by atoms with Crippen LogP contribution >= 0.6 is 55.1 Å². The van der Waals surface area contributed by atoms with Crippen LogP contribution in [-0.2, 0) is 54.3 Å². The smallest absolute Gasteiger partial charge is 0.416 e. The number of carbonyl (C=O) groups is 6. The summed E-state index contributed by atoms with van der Waals surface area (Å²) in [6.07, 6.45) is -10.7. The maximum absolute atomic E-state index is 13.2. The molecule has 0 aliphatic rings. The molecule has 62 heavy (non-hydrogen) atoms. The van der Waals surface area contributed by atoms with Crippen LogP contribution in [0.4, 0.5) is 49.1 Å². The van der Waals surface area contributed by atoms with Crippen molar-refractivity contribution in [2.45, 2.75) is 52.3 Å². The van der Waals surface area contributed by atoms with Gasteiger partial charge in [-0.1, -0.05) is 23.2 Å². The summed E-state index contributed by atoms with van der Waals surface area (Å²) in [6.45, 7) is 1.73. The first kappa shape index (κ1) is 50.8. The topological polar surface area (TPSA) is 209 Å². The molecule has 0 atom stereocenters. The molecular formula is C38H30Br2Cl2F6N4O10. The van der Waals surface area contributed by atoms with E-state index in [1.54, 1.807) is 0 Å². The fraction of sp³-hybridized carbons (Fsp3) is 0.211. The molecule has 24 heteroatoms. The van der Waals surface area contributed by atoms with E-state index < -0.39 is 71.9 Å². The van der Waals surface area contributed by atoms with Crippen LogP contribution in [0.15, 0.2) is 69.6 Å². The van der Waals surface area contributed by atoms with Crippen molar-refractivity contribution in [1.82, 2.24) is 0 Å². The lowest BCUT2D eigenvalue weighted by Crippen LogP contribution is -2.16. The first-order valence-corrected chi connectivity index (χ1v) is 19.3. The second-order valence-corrected chi connectivity index (χ2v) is 15.1. The van der Waals surface area contributed by atoms with Crippen molar-refractivity contribution in [3.63, 3.8) is 0 Å². The number of halogens is 10. The molecule has 0 aliphatic heterocycles. The number of alkyl halides is 6. The molecule has 4 rings (SSSR count). The SMILES string of the molecule is CC(=O)Nc1cc(COc2c(Br)cc(NC(=O)CC(=O)O)cc2Br)cc(C(F)(F)F)c1.CC(=O)Nc1cc(COc2c(Cl)cc(NC(=O)CC(=O)O)cc2Cl)cc(C(F)(F)F)c1. The summed E-state index contributed by atoms with van der Waals surface area (Å²) in [4.78, 5) is 66.7. The average molecular weight is 1050 g/mol. The summed E-state index contributed by atoms with van der Waals surface area (Å²) in [5, 5.41) is 26.4. The lowest BCUT2D eigenvalue weighted by atomic mass is 10.1. The zero-order valence-electron chi connectivity index (χ0n) is 31.5. The van der Waals surface area contributed by atoms with Crippen molar-refractivity contribution in [1.29, 1.82) is 0 Å². The molecule has 0 saturated heterocycles. The largest absolute Gasteiger partial charge is 0.487 e. The van der Waals surface area contributed by atoms with E-state index in [2.05, 4.69) is 53.1 Å². The van der Waals surface area contributed by atoms with Crippen molar-refractivity contribution >= 4 is 113 Å². The van der Waals surface area contributed by atoms with Gasteiger partial charge in [-0.05, 0) is 104 Å². The predicted octanol–water partition coefficient (Wildman–Crippen LogP) is 10.1. The van der Waals surface area contributed by atoms with Crippen molar-refractivity contribution in [2.24, 2.45) is 0 Å². The third-order valence-corrected chi connectivity index (χ3v) is 8.97. The monoisotopic (exact) mass is 1040 g/mol. The highest BCUT2D eigenvalue weighted by atomic mass is 79.9. The van der Waals surface area contributed by atoms with Crippen LogP contribution in [0.25, 0.3) is 0 Å². The van der Waals surface area contributed by atoms with Gasteiger partial charge >= 0.3 is 24.3 Å². The minimum atomic E-state index is -4.64. The third-order valence-electron chi connectivity index (χ3n) is 7.23. The van der Waals surface area contributed by atoms with Crippen molar-refractivity contribution in [3.05, 3.63) is 102 Å². The molecule has 0 spiro atoms. The zero-order valence-corrected chi connectivity index (χ0v) is 36.2. The van der Waals surface area contributed by atoms with E-state index >= 15 is 0 Å². The number of hydrogen-bond donors (Lipinski definition) is 6. The Kier molecular flexibility index (Phi) is 18.0. The summed E-state index contributed by atoms with van der Waals surface area (Å²) in [6, 6.07) is 11.4. The number of amides is 4. The Bertz CT molecular complexity index is 2180. The molecule has 0 aromatic heterocycles. The van der Waals surface area contributed by atoms with E-state index in [4.69, 9.17) is 42.9 Å². The minimum absolute atomic E-state index is 0.0180. The second-order valence-electron chi connectivity index (χ2n) is 12.5. The van der Waals surface area contributed by atoms with Gasteiger partial charge < -0.3 is 41.0 Å². The minimum Gasteiger partial charge on any atom is -0.487 e. The van der Waals surface area contributed by atoms with Crippen molar-refractivity contribution in [3.8, 4) is 11.5 Å². The number of ether oxygens (including phenoxy) is 2. The lowest BCUT2D eigenvalue weighted by Gasteiger charge is -2.15. The number of anilines is 4. The van der Waals surface area contributed by atoms with Crippen LogP contribution in [0.2, 0.25) is 10.0 Å². The van der Waals surface area contributed by atoms with Gasteiger partial charge in [0.25, 0.3) is 0 Å². The predicted molar refractivity (Wildman–Crippen MR) is 220 cm³/mol. The fourth-order valence-electron chi connectivity index (χ4n) is 4.96. The number of aliphatic carboxylic acids is 2. The molecule has 0 aliphatic carbocycles. The molecule has 0 heterocycles. The maximum Gasteiger partial charge on any atom is 0.416 e. The van der Waals surface area contributed by atoms with Gasteiger partial charge in [0, 0.05) is 36.6 Å². The number of carboxylic acid groups (broad SMARTS) is 2. The van der Waals surface area contributed by atoms with E-state index in [0.29, 0.717) is 8.95 Å². The second kappa shape index (κ2) is 22.0. The average Bonchev–Trinajstić information content (AvgIpc) is 3.09. The first-order valence-electron chi connectivity index (χ1n) is 16.9. The van der Waals surface area contributed by atoms with E-state index in [0.717, 1.165) is 31.2 Å². The highest BCUT2D eigenvalue weighted by Gasteiger charge is 2.32. The van der Waals surface area contributed by atoms with Gasteiger partial charge in [-0.15, -0.1) is 0 Å². The Balaban J connectivity index is 0.000000330. The molecular weight excluding hydrogens is 1020 g/mol. The number of benzene rings is 4. The standard InChI is InChI=1S/C19H15Br2F3N2O5.C19H15Cl2F3N2O5/c2*1-9(27)25-12-3-10(2-11(4-12)19(22,23)24)8-31-18-14(20)5-13(6-15(18)21)26-16(28)7-17(29)30/h2*2-6H,7-8H2,1H3,(H,25,27)(H,26,28)(H,29,30). The molecule has 0 bridgehead atoms. The number of hydrogen-bond acceptors (Lipinski definition) is 8. The van der Waals surface area contributed by atoms with Gasteiger partial charge in [-0.2, -0.15) is 26.3 Å². The lowest BCUT2D eigenvalue weighted by molar-refractivity contribution is -0.141. The number of carbonyl (C=O) groups excluding carboxylic acids is 4. The molecule has 332 valence electrons. The number of carboxylic acids is 2. The molecule has 4 aromatic carbocycles. The summed E-state index contributed by atoms with van der Waals surface area (Å²) < 4.78 is 90.7. The van der Waals surface area contributed by atoms with Crippen LogP contribution in [0.5, 0.6) is 11.5 Å². The highest BCUT2D eigenvalue weighted by Crippen LogP contribution is 2.39. The third kappa shape index (κ3) is 16.7. The van der Waals surface area contributed by atoms with Crippen molar-refractivity contribution < 1.29 is 74.8 Å². The maximum atomic E-state index is 13.2. The van der Waals surface area contributed by atoms with Crippen LogP contribution < -0.4 is 30.7 Å². The Morgan fingerprint density at radius 2 is 0.887 bits per heavy atom. The highest BCUT2D eigenvalue weighted by molar-refractivity contribution is 9.11. The Hall–Kier alpha value is -5.58. The molecule has 0 radical (unpaired) electrons. The van der Waals surface area contributed by atoms with E-state index in [9.17, 15) is 55.1 Å². The number of nitrogens with one attached hydrogen (secondary N) is 4. The molecule has 4 amide bonds. The van der Waals surface area contributed by atoms with E-state index in [-0.39, 0.29) is 68.6 Å². The summed E-state index contributed by atoms with van der Waals surface area (Å²) in [5.74, 6) is -5.01. The summed E-state index contributed by atoms with van der Waals surface area (Å²) >= 11 is 18.7. The van der Waals surface area contributed by atoms with Gasteiger partial charge in [-0.3, -0.25) is 28.8 Å². The summed E-state index contributed by atoms with van der Waals surface area (Å²) in [5.41, 5.74) is -1.35. The zero-order chi connectivity index (χ0) is 46.7. The fourth-order valence-corrected chi connectivity index (χ4v) is 6.98. The summed E-state index contributed by atoms with van der Waals surface area (Å²) in [7, 11) is 0. The number of rotatable bonds is 14. The Morgan fingerprint density at radius 1 is 0.548 bits per heavy atom. The van der Waals surface area contributed by atoms with Gasteiger partial charge in [0.1, 0.15) is 31.8 Å². The molecule has 0 saturated carbocycles. The Labute approximate surface area is 373 Å². The first-order chi connectivity index (χ1) is 28.7. The molecule has 14 nitrogen and oxygen atoms in total. The van der Waals surface area contributed by atoms with Crippen LogP contribution in [0, 0.1) is 0 Å². The van der Waals surface area contributed by atoms with Crippen molar-refractivity contribution in [2.75, 3.05) is 21.3 Å². The van der Waals surface area contributed by atoms with Gasteiger partial charge in [-0.25, -0.2) is 0 Å².